The third kappa shape index (κ3) is 12.5. The number of aliphatic hydroxyl groups excluding tert-OH is 2. The van der Waals surface area contributed by atoms with Crippen molar-refractivity contribution in [2.45, 2.75) is 32.1 Å². The number of carbonyl (C=O) groups is 2. The number of benzene rings is 4. The molecular formula is C43H43F3O8. The van der Waals surface area contributed by atoms with Gasteiger partial charge in [-0.25, -0.2) is 14.0 Å². The van der Waals surface area contributed by atoms with Crippen LogP contribution in [-0.2, 0) is 25.5 Å². The fourth-order valence-corrected chi connectivity index (χ4v) is 5.42. The number of allylic oxidation sites excluding steroid dienone is 1. The zero-order valence-electron chi connectivity index (χ0n) is 29.8. The molecule has 0 saturated carbocycles. The largest absolute Gasteiger partial charge is 0.490 e. The highest BCUT2D eigenvalue weighted by atomic mass is 19.3. The molecular weight excluding hydrogens is 701 g/mol. The molecule has 0 aliphatic heterocycles. The maximum absolute atomic E-state index is 15.4. The summed E-state index contributed by atoms with van der Waals surface area (Å²) in [7, 11) is 0. The molecule has 4 aromatic rings. The second-order valence-electron chi connectivity index (χ2n) is 12.2. The summed E-state index contributed by atoms with van der Waals surface area (Å²) in [6.07, 6.45) is 2.37. The zero-order valence-corrected chi connectivity index (χ0v) is 29.8. The fraction of sp³-hybridized carbons (Fsp3) is 0.256. The Balaban J connectivity index is 1.45. The quantitative estimate of drug-likeness (QED) is 0.0496. The lowest BCUT2D eigenvalue weighted by Gasteiger charge is -2.15. The maximum Gasteiger partial charge on any atom is 0.335 e. The highest BCUT2D eigenvalue weighted by molar-refractivity contribution is 5.88. The van der Waals surface area contributed by atoms with Gasteiger partial charge in [0.05, 0.1) is 24.4 Å². The molecule has 0 amide bonds. The van der Waals surface area contributed by atoms with Crippen LogP contribution in [0.1, 0.15) is 31.2 Å². The molecule has 0 saturated heterocycles. The van der Waals surface area contributed by atoms with Gasteiger partial charge in [0.2, 0.25) is 0 Å². The van der Waals surface area contributed by atoms with Gasteiger partial charge in [0, 0.05) is 11.6 Å². The second kappa shape index (κ2) is 21.2. The van der Waals surface area contributed by atoms with Gasteiger partial charge in [-0.3, -0.25) is 0 Å². The van der Waals surface area contributed by atoms with Crippen LogP contribution in [0.3, 0.4) is 0 Å². The Labute approximate surface area is 312 Å². The maximum atomic E-state index is 15.4. The molecule has 4 aromatic carbocycles. The molecule has 0 aliphatic rings. The van der Waals surface area contributed by atoms with E-state index in [1.54, 1.807) is 12.1 Å². The van der Waals surface area contributed by atoms with Gasteiger partial charge >= 0.3 is 11.9 Å². The summed E-state index contributed by atoms with van der Waals surface area (Å²) in [5.74, 6) is -1.03. The van der Waals surface area contributed by atoms with E-state index in [0.717, 1.165) is 46.7 Å². The average molecular weight is 745 g/mol. The molecule has 2 N–H and O–H groups in total. The normalized spacial score (nSPS) is 10.7. The van der Waals surface area contributed by atoms with Crippen LogP contribution in [0.15, 0.2) is 121 Å². The average Bonchev–Trinajstić information content (AvgIpc) is 3.18. The van der Waals surface area contributed by atoms with Crippen LogP contribution in [0.25, 0.3) is 33.4 Å². The van der Waals surface area contributed by atoms with Crippen LogP contribution in [0.5, 0.6) is 11.5 Å². The topological polar surface area (TPSA) is 112 Å². The monoisotopic (exact) mass is 744 g/mol. The number of hydrogen-bond donors (Lipinski definition) is 2. The number of aryl methyl sites for hydroxylation is 1. The molecule has 0 fully saturated rings. The SMILES string of the molecule is C=C(CO)C(=O)OCCOc1ccc(-c2ccc(-c3ccc(-c4ccc(OCCOC(=O)C(=C)CO)cc4F)cc3CCCCCC=C(F)F)cc2)cc1. The van der Waals surface area contributed by atoms with Crippen LogP contribution < -0.4 is 9.47 Å². The van der Waals surface area contributed by atoms with Gasteiger partial charge in [0.1, 0.15) is 43.7 Å². The summed E-state index contributed by atoms with van der Waals surface area (Å²) in [5.41, 5.74) is 5.83. The second-order valence-corrected chi connectivity index (χ2v) is 12.2. The fourth-order valence-electron chi connectivity index (χ4n) is 5.42. The van der Waals surface area contributed by atoms with Crippen molar-refractivity contribution >= 4 is 11.9 Å². The zero-order chi connectivity index (χ0) is 38.9. The summed E-state index contributed by atoms with van der Waals surface area (Å²) in [5, 5.41) is 17.9. The molecule has 0 radical (unpaired) electrons. The van der Waals surface area contributed by atoms with Gasteiger partial charge in [-0.1, -0.05) is 74.2 Å². The lowest BCUT2D eigenvalue weighted by molar-refractivity contribution is -0.141. The lowest BCUT2D eigenvalue weighted by Crippen LogP contribution is -2.15. The predicted molar refractivity (Wildman–Crippen MR) is 201 cm³/mol. The van der Waals surface area contributed by atoms with Crippen molar-refractivity contribution in [3.05, 3.63) is 133 Å². The van der Waals surface area contributed by atoms with Crippen molar-refractivity contribution in [3.8, 4) is 44.9 Å². The number of carbonyl (C=O) groups excluding carboxylic acids is 2. The van der Waals surface area contributed by atoms with Crippen LogP contribution in [-0.4, -0.2) is 61.8 Å². The number of unbranched alkanes of at least 4 members (excludes halogenated alkanes) is 3. The lowest BCUT2D eigenvalue weighted by atomic mass is 9.91. The van der Waals surface area contributed by atoms with Gasteiger partial charge in [-0.05, 0) is 89.4 Å². The Morgan fingerprint density at radius 3 is 1.70 bits per heavy atom. The van der Waals surface area contributed by atoms with E-state index in [2.05, 4.69) is 13.2 Å². The first-order valence-electron chi connectivity index (χ1n) is 17.4. The number of rotatable bonds is 21. The minimum absolute atomic E-state index is 0.0151. The number of hydrogen-bond acceptors (Lipinski definition) is 8. The van der Waals surface area contributed by atoms with Crippen molar-refractivity contribution in [1.29, 1.82) is 0 Å². The first kappa shape index (κ1) is 41.1. The molecule has 0 aromatic heterocycles. The highest BCUT2D eigenvalue weighted by Crippen LogP contribution is 2.34. The first-order chi connectivity index (χ1) is 26.1. The Kier molecular flexibility index (Phi) is 16.1. The Morgan fingerprint density at radius 2 is 1.13 bits per heavy atom. The standard InChI is InChI=1S/C43H43F3O8/c1-29(27-47)42(49)53-23-21-51-36-16-13-32(14-17-36)31-9-11-33(12-10-31)38-19-15-35(25-34(38)7-5-3-4-6-8-41(45)46)39-20-18-37(26-40(39)44)52-22-24-54-43(50)30(2)28-48/h8-20,25-26,47-48H,1-7,21-24,27-28H2. The highest BCUT2D eigenvalue weighted by Gasteiger charge is 2.13. The minimum atomic E-state index is -1.67. The third-order valence-corrected chi connectivity index (χ3v) is 8.32. The van der Waals surface area contributed by atoms with Crippen LogP contribution in [0, 0.1) is 5.82 Å². The molecule has 11 heteroatoms. The Morgan fingerprint density at radius 1 is 0.611 bits per heavy atom. The molecule has 8 nitrogen and oxygen atoms in total. The molecule has 284 valence electrons. The smallest absolute Gasteiger partial charge is 0.335 e. The molecule has 0 heterocycles. The molecule has 0 spiro atoms. The van der Waals surface area contributed by atoms with E-state index in [4.69, 9.17) is 29.2 Å². The van der Waals surface area contributed by atoms with Gasteiger partial charge in [-0.15, -0.1) is 0 Å². The molecule has 54 heavy (non-hydrogen) atoms. The van der Waals surface area contributed by atoms with Crippen LogP contribution >= 0.6 is 0 Å². The summed E-state index contributed by atoms with van der Waals surface area (Å²) in [6.45, 7) is 5.89. The number of esters is 2. The van der Waals surface area contributed by atoms with Crippen molar-refractivity contribution in [2.75, 3.05) is 39.6 Å². The van der Waals surface area contributed by atoms with E-state index < -0.39 is 37.1 Å². The summed E-state index contributed by atoms with van der Waals surface area (Å²) in [6, 6.07) is 25.8. The van der Waals surface area contributed by atoms with E-state index in [0.29, 0.717) is 36.1 Å². The molecule has 0 aliphatic carbocycles. The summed E-state index contributed by atoms with van der Waals surface area (Å²) >= 11 is 0. The minimum Gasteiger partial charge on any atom is -0.490 e. The number of aliphatic hydroxyl groups is 2. The third-order valence-electron chi connectivity index (χ3n) is 8.32. The van der Waals surface area contributed by atoms with Gasteiger partial charge in [0.15, 0.2) is 0 Å². The molecule has 4 rings (SSSR count). The predicted octanol–water partition coefficient (Wildman–Crippen LogP) is 8.65. The first-order valence-corrected chi connectivity index (χ1v) is 17.4. The van der Waals surface area contributed by atoms with Crippen molar-refractivity contribution in [2.24, 2.45) is 0 Å². The summed E-state index contributed by atoms with van der Waals surface area (Å²) in [4.78, 5) is 23.2. The van der Waals surface area contributed by atoms with Crippen molar-refractivity contribution in [3.63, 3.8) is 0 Å². The van der Waals surface area contributed by atoms with Crippen molar-refractivity contribution < 1.29 is 51.9 Å². The van der Waals surface area contributed by atoms with Crippen LogP contribution in [0.2, 0.25) is 0 Å². The van der Waals surface area contributed by atoms with E-state index in [1.165, 1.54) is 6.07 Å². The van der Waals surface area contributed by atoms with E-state index >= 15 is 4.39 Å². The summed E-state index contributed by atoms with van der Waals surface area (Å²) < 4.78 is 61.5. The van der Waals surface area contributed by atoms with E-state index in [-0.39, 0.29) is 43.3 Å². The number of ether oxygens (including phenoxy) is 4. The molecule has 0 bridgehead atoms. The van der Waals surface area contributed by atoms with E-state index in [9.17, 15) is 18.4 Å². The Hall–Kier alpha value is -5.65. The van der Waals surface area contributed by atoms with Gasteiger partial charge in [0.25, 0.3) is 6.08 Å². The van der Waals surface area contributed by atoms with Crippen LogP contribution in [0.4, 0.5) is 13.2 Å². The van der Waals surface area contributed by atoms with Gasteiger partial charge < -0.3 is 29.2 Å². The van der Waals surface area contributed by atoms with E-state index in [1.807, 2.05) is 66.7 Å². The molecule has 0 unspecified atom stereocenters. The molecule has 0 atom stereocenters. The van der Waals surface area contributed by atoms with Crippen molar-refractivity contribution in [1.82, 2.24) is 0 Å². The number of halogens is 3. The Bertz CT molecular complexity index is 1920. The van der Waals surface area contributed by atoms with Gasteiger partial charge in [-0.2, -0.15) is 8.78 Å².